The third-order valence-electron chi connectivity index (χ3n) is 2.52. The normalized spacial score (nSPS) is 10.2. The summed E-state index contributed by atoms with van der Waals surface area (Å²) < 4.78 is 0. The number of benzene rings is 1. The smallest absolute Gasteiger partial charge is 0.234 e. The predicted octanol–water partition coefficient (Wildman–Crippen LogP) is 3.12. The Bertz CT molecular complexity index is 604. The highest BCUT2D eigenvalue weighted by atomic mass is 32.2. The largest absolute Gasteiger partial charge is 0.397 e. The van der Waals surface area contributed by atoms with Crippen molar-refractivity contribution >= 4 is 40.8 Å². The third-order valence-corrected chi connectivity index (χ3v) is 4.34. The first-order valence-corrected chi connectivity index (χ1v) is 8.18. The maximum Gasteiger partial charge on any atom is 0.234 e. The summed E-state index contributed by atoms with van der Waals surface area (Å²) in [6.45, 7) is 0. The van der Waals surface area contributed by atoms with Crippen LogP contribution in [0, 0.1) is 0 Å². The van der Waals surface area contributed by atoms with Crippen molar-refractivity contribution in [1.82, 2.24) is 4.98 Å². The molecule has 1 aromatic carbocycles. The van der Waals surface area contributed by atoms with Crippen LogP contribution >= 0.6 is 23.5 Å². The molecule has 104 valence electrons. The Morgan fingerprint density at radius 3 is 2.85 bits per heavy atom. The van der Waals surface area contributed by atoms with Gasteiger partial charge in [-0.05, 0) is 30.5 Å². The summed E-state index contributed by atoms with van der Waals surface area (Å²) in [5.41, 5.74) is 7.21. The van der Waals surface area contributed by atoms with Crippen LogP contribution in [0.3, 0.4) is 0 Å². The predicted molar refractivity (Wildman–Crippen MR) is 86.2 cm³/mol. The molecular weight excluding hydrogens is 290 g/mol. The number of nitrogens with one attached hydrogen (secondary N) is 1. The fourth-order valence-electron chi connectivity index (χ4n) is 1.59. The van der Waals surface area contributed by atoms with Crippen LogP contribution in [0.15, 0.2) is 52.5 Å². The summed E-state index contributed by atoms with van der Waals surface area (Å²) in [5.74, 6) is 0.214. The van der Waals surface area contributed by atoms with Gasteiger partial charge in [-0.2, -0.15) is 0 Å². The quantitative estimate of drug-likeness (QED) is 0.831. The lowest BCUT2D eigenvalue weighted by Gasteiger charge is -2.09. The van der Waals surface area contributed by atoms with Crippen LogP contribution in [0.1, 0.15) is 0 Å². The number of nitrogens with two attached hydrogens (primary N) is 1. The van der Waals surface area contributed by atoms with E-state index in [4.69, 9.17) is 5.73 Å². The molecule has 0 aliphatic heterocycles. The second kappa shape index (κ2) is 7.21. The Kier molecular flexibility index (Phi) is 5.31. The highest BCUT2D eigenvalue weighted by Crippen LogP contribution is 2.26. The molecule has 0 radical (unpaired) electrons. The summed E-state index contributed by atoms with van der Waals surface area (Å²) in [5, 5.41) is 3.58. The number of pyridine rings is 1. The summed E-state index contributed by atoms with van der Waals surface area (Å²) in [4.78, 5) is 17.1. The monoisotopic (exact) mass is 305 g/mol. The first-order chi connectivity index (χ1) is 9.70. The second-order valence-corrected chi connectivity index (χ2v) is 5.75. The number of para-hydroxylation sites is 1. The maximum absolute atomic E-state index is 12.0. The van der Waals surface area contributed by atoms with Crippen LogP contribution in [0.2, 0.25) is 0 Å². The van der Waals surface area contributed by atoms with E-state index < -0.39 is 0 Å². The number of carbonyl (C=O) groups is 1. The Hall–Kier alpha value is -1.66. The zero-order chi connectivity index (χ0) is 14.4. The molecule has 3 N–H and O–H groups in total. The third kappa shape index (κ3) is 3.91. The number of nitrogens with zero attached hydrogens (tertiary/aromatic N) is 1. The van der Waals surface area contributed by atoms with Crippen LogP contribution < -0.4 is 11.1 Å². The fourth-order valence-corrected chi connectivity index (χ4v) is 2.86. The van der Waals surface area contributed by atoms with Crippen LogP contribution in [0.4, 0.5) is 11.4 Å². The highest BCUT2D eigenvalue weighted by molar-refractivity contribution is 8.00. The Morgan fingerprint density at radius 2 is 2.10 bits per heavy atom. The molecule has 2 rings (SSSR count). The van der Waals surface area contributed by atoms with Crippen molar-refractivity contribution in [3.05, 3.63) is 42.6 Å². The minimum absolute atomic E-state index is 0.0680. The molecule has 6 heteroatoms. The molecule has 2 aromatic rings. The number of rotatable bonds is 5. The van der Waals surface area contributed by atoms with Crippen molar-refractivity contribution in [2.75, 3.05) is 23.1 Å². The summed E-state index contributed by atoms with van der Waals surface area (Å²) in [6.07, 6.45) is 3.65. The zero-order valence-electron chi connectivity index (χ0n) is 11.0. The average Bonchev–Trinajstić information content (AvgIpc) is 2.47. The molecule has 0 saturated heterocycles. The minimum Gasteiger partial charge on any atom is -0.397 e. The topological polar surface area (TPSA) is 68.0 Å². The Balaban J connectivity index is 1.95. The summed E-state index contributed by atoms with van der Waals surface area (Å²) >= 11 is 2.93. The van der Waals surface area contributed by atoms with Crippen molar-refractivity contribution in [3.8, 4) is 0 Å². The number of carbonyl (C=O) groups excluding carboxylic acids is 1. The molecule has 0 fully saturated rings. The van der Waals surface area contributed by atoms with Crippen LogP contribution in [0.5, 0.6) is 0 Å². The number of nitrogen functional groups attached to an aromatic ring is 1. The number of aromatic nitrogens is 1. The molecule has 4 nitrogen and oxygen atoms in total. The van der Waals surface area contributed by atoms with Crippen molar-refractivity contribution in [2.45, 2.75) is 9.92 Å². The molecule has 0 aliphatic carbocycles. The number of hydrogen-bond donors (Lipinski definition) is 2. The van der Waals surface area contributed by atoms with E-state index in [0.717, 1.165) is 10.6 Å². The lowest BCUT2D eigenvalue weighted by molar-refractivity contribution is -0.113. The van der Waals surface area contributed by atoms with Crippen LogP contribution in [0.25, 0.3) is 0 Å². The molecular formula is C14H15N3OS2. The van der Waals surface area contributed by atoms with Crippen molar-refractivity contribution in [2.24, 2.45) is 0 Å². The van der Waals surface area contributed by atoms with Crippen molar-refractivity contribution in [3.63, 3.8) is 0 Å². The summed E-state index contributed by atoms with van der Waals surface area (Å²) in [7, 11) is 0. The van der Waals surface area contributed by atoms with Gasteiger partial charge >= 0.3 is 0 Å². The van der Waals surface area contributed by atoms with Crippen molar-refractivity contribution < 1.29 is 4.79 Å². The Labute approximate surface area is 126 Å². The van der Waals surface area contributed by atoms with E-state index in [1.54, 1.807) is 30.1 Å². The number of thioether (sulfide) groups is 2. The number of amides is 1. The van der Waals surface area contributed by atoms with E-state index in [1.807, 2.05) is 30.5 Å². The van der Waals surface area contributed by atoms with Gasteiger partial charge in [0.15, 0.2) is 0 Å². The molecule has 0 saturated carbocycles. The molecule has 0 bridgehead atoms. The lowest BCUT2D eigenvalue weighted by Crippen LogP contribution is -2.14. The Morgan fingerprint density at radius 1 is 1.30 bits per heavy atom. The molecule has 0 aliphatic rings. The fraction of sp³-hybridized carbons (Fsp3) is 0.143. The van der Waals surface area contributed by atoms with Crippen LogP contribution in [-0.4, -0.2) is 22.9 Å². The molecule has 1 amide bonds. The molecule has 1 heterocycles. The molecule has 0 spiro atoms. The van der Waals surface area contributed by atoms with Crippen molar-refractivity contribution in [1.29, 1.82) is 0 Å². The van der Waals surface area contributed by atoms with E-state index in [2.05, 4.69) is 10.3 Å². The summed E-state index contributed by atoms with van der Waals surface area (Å²) in [6, 6.07) is 11.3. The van der Waals surface area contributed by atoms with Gasteiger partial charge in [0, 0.05) is 11.1 Å². The average molecular weight is 305 g/mol. The SMILES string of the molecule is CSc1ccccc1NC(=O)CSc1ncccc1N. The molecule has 0 unspecified atom stereocenters. The maximum atomic E-state index is 12.0. The van der Waals surface area contributed by atoms with E-state index in [0.29, 0.717) is 10.7 Å². The van der Waals surface area contributed by atoms with Gasteiger partial charge in [-0.1, -0.05) is 23.9 Å². The van der Waals surface area contributed by atoms with Gasteiger partial charge in [0.2, 0.25) is 5.91 Å². The number of anilines is 2. The van der Waals surface area contributed by atoms with Gasteiger partial charge < -0.3 is 11.1 Å². The number of hydrogen-bond acceptors (Lipinski definition) is 5. The van der Waals surface area contributed by atoms with Gasteiger partial charge in [-0.25, -0.2) is 4.98 Å². The highest BCUT2D eigenvalue weighted by Gasteiger charge is 2.08. The van der Waals surface area contributed by atoms with E-state index in [-0.39, 0.29) is 11.7 Å². The first kappa shape index (κ1) is 14.7. The standard InChI is InChI=1S/C14H15N3OS2/c1-19-12-7-3-2-6-11(12)17-13(18)9-20-14-10(15)5-4-8-16-14/h2-8H,9,15H2,1H3,(H,17,18). The van der Waals surface area contributed by atoms with E-state index >= 15 is 0 Å². The van der Waals surface area contributed by atoms with Gasteiger partial charge in [0.05, 0.1) is 17.1 Å². The van der Waals surface area contributed by atoms with E-state index in [1.165, 1.54) is 11.8 Å². The van der Waals surface area contributed by atoms with E-state index in [9.17, 15) is 4.79 Å². The van der Waals surface area contributed by atoms with Gasteiger partial charge in [-0.15, -0.1) is 11.8 Å². The second-order valence-electron chi connectivity index (χ2n) is 3.93. The first-order valence-electron chi connectivity index (χ1n) is 5.97. The lowest BCUT2D eigenvalue weighted by atomic mass is 10.3. The minimum atomic E-state index is -0.0680. The van der Waals surface area contributed by atoms with Gasteiger partial charge in [0.25, 0.3) is 0 Å². The molecule has 1 aromatic heterocycles. The van der Waals surface area contributed by atoms with Gasteiger partial charge in [0.1, 0.15) is 5.03 Å². The molecule has 20 heavy (non-hydrogen) atoms. The zero-order valence-corrected chi connectivity index (χ0v) is 12.6. The van der Waals surface area contributed by atoms with Crippen LogP contribution in [-0.2, 0) is 4.79 Å². The molecule has 0 atom stereocenters. The van der Waals surface area contributed by atoms with Gasteiger partial charge in [-0.3, -0.25) is 4.79 Å².